The Kier molecular flexibility index (Phi) is 5.67. The van der Waals surface area contributed by atoms with Gasteiger partial charge in [-0.3, -0.25) is 0 Å². The molecule has 0 spiro atoms. The summed E-state index contributed by atoms with van der Waals surface area (Å²) in [5.74, 6) is 0. The fraction of sp³-hybridized carbons (Fsp3) is 0.909. The maximum absolute atomic E-state index is 11.7. The number of aliphatic hydroxyl groups is 2. The van der Waals surface area contributed by atoms with Crippen molar-refractivity contribution in [3.63, 3.8) is 0 Å². The summed E-state index contributed by atoms with van der Waals surface area (Å²) in [4.78, 5) is 15.1. The fourth-order valence-electron chi connectivity index (χ4n) is 1.92. The average molecular weight is 245 g/mol. The Morgan fingerprint density at radius 1 is 1.47 bits per heavy atom. The second-order valence-electron chi connectivity index (χ2n) is 4.68. The first kappa shape index (κ1) is 14.2. The van der Waals surface area contributed by atoms with Crippen molar-refractivity contribution in [3.05, 3.63) is 0 Å². The molecular formula is C11H23N3O3. The van der Waals surface area contributed by atoms with Gasteiger partial charge >= 0.3 is 6.03 Å². The number of rotatable bonds is 4. The number of nitrogens with one attached hydrogen (secondary N) is 1. The van der Waals surface area contributed by atoms with Crippen LogP contribution < -0.4 is 5.32 Å². The van der Waals surface area contributed by atoms with Crippen molar-refractivity contribution >= 4 is 6.03 Å². The van der Waals surface area contributed by atoms with Crippen LogP contribution >= 0.6 is 0 Å². The zero-order valence-corrected chi connectivity index (χ0v) is 10.6. The molecule has 1 unspecified atom stereocenters. The lowest BCUT2D eigenvalue weighted by Gasteiger charge is -2.34. The molecule has 1 aliphatic rings. The summed E-state index contributed by atoms with van der Waals surface area (Å²) in [5.41, 5.74) is 0. The van der Waals surface area contributed by atoms with Crippen LogP contribution in [0.2, 0.25) is 0 Å². The SMILES string of the molecule is CN(C)C(=O)N1CCC(NCC(O)CO)CC1. The molecule has 1 rings (SSSR count). The number of carbonyl (C=O) groups excluding carboxylic acids is 1. The third-order valence-corrected chi connectivity index (χ3v) is 3.00. The van der Waals surface area contributed by atoms with E-state index in [4.69, 9.17) is 5.11 Å². The molecular weight excluding hydrogens is 222 g/mol. The number of hydrogen-bond donors (Lipinski definition) is 3. The van der Waals surface area contributed by atoms with Crippen molar-refractivity contribution < 1.29 is 15.0 Å². The van der Waals surface area contributed by atoms with Crippen molar-refractivity contribution in [2.24, 2.45) is 0 Å². The van der Waals surface area contributed by atoms with Gasteiger partial charge in [-0.15, -0.1) is 0 Å². The number of amides is 2. The number of hydrogen-bond acceptors (Lipinski definition) is 4. The number of carbonyl (C=O) groups is 1. The largest absolute Gasteiger partial charge is 0.394 e. The summed E-state index contributed by atoms with van der Waals surface area (Å²) < 4.78 is 0. The molecule has 6 nitrogen and oxygen atoms in total. The van der Waals surface area contributed by atoms with Gasteiger partial charge in [-0.05, 0) is 12.8 Å². The Hall–Kier alpha value is -0.850. The van der Waals surface area contributed by atoms with Crippen molar-refractivity contribution in [2.45, 2.75) is 25.0 Å². The fourth-order valence-corrected chi connectivity index (χ4v) is 1.92. The molecule has 0 aliphatic carbocycles. The van der Waals surface area contributed by atoms with Crippen LogP contribution in [0.5, 0.6) is 0 Å². The molecule has 1 aliphatic heterocycles. The molecule has 3 N–H and O–H groups in total. The van der Waals surface area contributed by atoms with Gasteiger partial charge in [0.2, 0.25) is 0 Å². The van der Waals surface area contributed by atoms with Crippen LogP contribution in [0.3, 0.4) is 0 Å². The quantitative estimate of drug-likeness (QED) is 0.598. The topological polar surface area (TPSA) is 76.0 Å². The van der Waals surface area contributed by atoms with Crippen LogP contribution in [0.15, 0.2) is 0 Å². The number of urea groups is 1. The maximum Gasteiger partial charge on any atom is 0.319 e. The molecule has 17 heavy (non-hydrogen) atoms. The zero-order chi connectivity index (χ0) is 12.8. The van der Waals surface area contributed by atoms with Crippen LogP contribution in [0.4, 0.5) is 4.79 Å². The normalized spacial score (nSPS) is 19.2. The summed E-state index contributed by atoms with van der Waals surface area (Å²) in [6.45, 7) is 1.67. The van der Waals surface area contributed by atoms with Crippen LogP contribution in [-0.2, 0) is 0 Å². The summed E-state index contributed by atoms with van der Waals surface area (Å²) in [6, 6.07) is 0.376. The molecule has 0 bridgehead atoms. The van der Waals surface area contributed by atoms with Gasteiger partial charge in [0, 0.05) is 39.8 Å². The molecule has 0 aromatic rings. The molecule has 0 radical (unpaired) electrons. The standard InChI is InChI=1S/C11H23N3O3/c1-13(2)11(17)14-5-3-9(4-6-14)12-7-10(16)8-15/h9-10,12,15-16H,3-8H2,1-2H3. The molecule has 0 saturated carbocycles. The van der Waals surface area contributed by atoms with Crippen LogP contribution in [0.1, 0.15) is 12.8 Å². The minimum atomic E-state index is -0.698. The molecule has 100 valence electrons. The lowest BCUT2D eigenvalue weighted by molar-refractivity contribution is 0.0879. The third kappa shape index (κ3) is 4.49. The highest BCUT2D eigenvalue weighted by Gasteiger charge is 2.23. The number of likely N-dealkylation sites (tertiary alicyclic amines) is 1. The number of aliphatic hydroxyl groups excluding tert-OH is 2. The highest BCUT2D eigenvalue weighted by atomic mass is 16.3. The van der Waals surface area contributed by atoms with E-state index < -0.39 is 6.10 Å². The predicted octanol–water partition coefficient (Wildman–Crippen LogP) is -0.925. The zero-order valence-electron chi connectivity index (χ0n) is 10.6. The van der Waals surface area contributed by atoms with Gasteiger partial charge in [0.25, 0.3) is 0 Å². The van der Waals surface area contributed by atoms with Gasteiger partial charge < -0.3 is 25.3 Å². The van der Waals surface area contributed by atoms with Crippen molar-refractivity contribution in [3.8, 4) is 0 Å². The molecule has 6 heteroatoms. The second kappa shape index (κ2) is 6.78. The summed E-state index contributed by atoms with van der Waals surface area (Å²) in [5, 5.41) is 21.1. The summed E-state index contributed by atoms with van der Waals surface area (Å²) >= 11 is 0. The second-order valence-corrected chi connectivity index (χ2v) is 4.68. The van der Waals surface area contributed by atoms with Crippen LogP contribution in [0.25, 0.3) is 0 Å². The molecule has 0 aromatic carbocycles. The first-order valence-electron chi connectivity index (χ1n) is 6.03. The van der Waals surface area contributed by atoms with E-state index in [1.165, 1.54) is 0 Å². The predicted molar refractivity (Wildman–Crippen MR) is 64.8 cm³/mol. The van der Waals surface area contributed by atoms with Gasteiger partial charge in [-0.2, -0.15) is 0 Å². The Balaban J connectivity index is 2.24. The van der Waals surface area contributed by atoms with E-state index in [0.717, 1.165) is 25.9 Å². The third-order valence-electron chi connectivity index (χ3n) is 3.00. The van der Waals surface area contributed by atoms with Gasteiger partial charge in [0.05, 0.1) is 12.7 Å². The monoisotopic (exact) mass is 245 g/mol. The Labute approximate surface area is 102 Å². The first-order valence-corrected chi connectivity index (χ1v) is 6.03. The van der Waals surface area contributed by atoms with Crippen molar-refractivity contribution in [2.75, 3.05) is 40.3 Å². The molecule has 1 heterocycles. The van der Waals surface area contributed by atoms with E-state index in [0.29, 0.717) is 12.6 Å². The van der Waals surface area contributed by atoms with Gasteiger partial charge in [0.15, 0.2) is 0 Å². The van der Waals surface area contributed by atoms with Crippen LogP contribution in [-0.4, -0.2) is 78.5 Å². The van der Waals surface area contributed by atoms with Gasteiger partial charge in [-0.25, -0.2) is 4.79 Å². The number of nitrogens with zero attached hydrogens (tertiary/aromatic N) is 2. The van der Waals surface area contributed by atoms with Crippen molar-refractivity contribution in [1.82, 2.24) is 15.1 Å². The first-order chi connectivity index (χ1) is 8.04. The Bertz CT molecular complexity index is 240. The molecule has 1 atom stereocenters. The highest BCUT2D eigenvalue weighted by molar-refractivity contribution is 5.73. The van der Waals surface area contributed by atoms with E-state index in [1.54, 1.807) is 19.0 Å². The minimum Gasteiger partial charge on any atom is -0.394 e. The molecule has 1 fully saturated rings. The molecule has 2 amide bonds. The lowest BCUT2D eigenvalue weighted by atomic mass is 10.1. The minimum absolute atomic E-state index is 0.0545. The highest BCUT2D eigenvalue weighted by Crippen LogP contribution is 2.11. The Morgan fingerprint density at radius 2 is 2.06 bits per heavy atom. The molecule has 0 aromatic heterocycles. The maximum atomic E-state index is 11.7. The van der Waals surface area contributed by atoms with E-state index in [-0.39, 0.29) is 12.6 Å². The van der Waals surface area contributed by atoms with E-state index in [9.17, 15) is 9.90 Å². The average Bonchev–Trinajstić information content (AvgIpc) is 2.35. The summed E-state index contributed by atoms with van der Waals surface area (Å²) in [7, 11) is 3.51. The van der Waals surface area contributed by atoms with Crippen LogP contribution in [0, 0.1) is 0 Å². The van der Waals surface area contributed by atoms with E-state index in [1.807, 2.05) is 4.90 Å². The van der Waals surface area contributed by atoms with Gasteiger partial charge in [-0.1, -0.05) is 0 Å². The van der Waals surface area contributed by atoms with Gasteiger partial charge in [0.1, 0.15) is 0 Å². The summed E-state index contributed by atoms with van der Waals surface area (Å²) in [6.07, 6.45) is 1.08. The van der Waals surface area contributed by atoms with E-state index >= 15 is 0 Å². The smallest absolute Gasteiger partial charge is 0.319 e. The molecule has 1 saturated heterocycles. The Morgan fingerprint density at radius 3 is 2.53 bits per heavy atom. The van der Waals surface area contributed by atoms with Crippen molar-refractivity contribution in [1.29, 1.82) is 0 Å². The number of piperidine rings is 1. The lowest BCUT2D eigenvalue weighted by Crippen LogP contribution is -2.49. The van der Waals surface area contributed by atoms with E-state index in [2.05, 4.69) is 5.32 Å².